The minimum atomic E-state index is -1.48. The summed E-state index contributed by atoms with van der Waals surface area (Å²) in [5.41, 5.74) is 0.171. The molecule has 0 fully saturated rings. The van der Waals surface area contributed by atoms with Gasteiger partial charge in [0.05, 0.1) is 5.56 Å². The van der Waals surface area contributed by atoms with Crippen LogP contribution in [0, 0.1) is 0 Å². The maximum Gasteiger partial charge on any atom is 0.335 e. The quantitative estimate of drug-likeness (QED) is 0.656. The number of aromatic carboxylic acids is 1. The fraction of sp³-hybridized carbons (Fsp3) is 0.125. The molecule has 2 nitrogen and oxygen atoms in total. The van der Waals surface area contributed by atoms with Crippen molar-refractivity contribution >= 4 is 52.5 Å². The van der Waals surface area contributed by atoms with Crippen molar-refractivity contribution in [2.75, 3.05) is 0 Å². The van der Waals surface area contributed by atoms with Gasteiger partial charge in [-0.25, -0.2) is 4.79 Å². The highest BCUT2D eigenvalue weighted by atomic mass is 35.6. The second-order valence-electron chi connectivity index (χ2n) is 2.38. The molecule has 1 aromatic rings. The molecule has 0 aliphatic heterocycles. The lowest BCUT2D eigenvalue weighted by atomic mass is 10.2. The number of rotatable bonds is 2. The number of halogens is 3. The van der Waals surface area contributed by atoms with Crippen molar-refractivity contribution in [3.63, 3.8) is 0 Å². The first-order valence-electron chi connectivity index (χ1n) is 3.47. The lowest BCUT2D eigenvalue weighted by Crippen LogP contribution is -1.97. The highest BCUT2D eigenvalue weighted by Crippen LogP contribution is 2.43. The average molecular weight is 272 g/mol. The third-order valence-electron chi connectivity index (χ3n) is 1.31. The first kappa shape index (κ1) is 12.0. The smallest absolute Gasteiger partial charge is 0.335 e. The van der Waals surface area contributed by atoms with Crippen LogP contribution >= 0.6 is 46.6 Å². The van der Waals surface area contributed by atoms with Crippen molar-refractivity contribution in [1.29, 1.82) is 0 Å². The summed E-state index contributed by atoms with van der Waals surface area (Å²) in [5.74, 6) is -1.00. The summed E-state index contributed by atoms with van der Waals surface area (Å²) in [6, 6.07) is 6.21. The molecule has 0 bridgehead atoms. The SMILES string of the molecule is O=C(O)c1cccc(SC(Cl)(Cl)Cl)c1. The highest BCUT2D eigenvalue weighted by Gasteiger charge is 2.21. The number of carboxylic acid groups (broad SMARTS) is 1. The molecule has 0 unspecified atom stereocenters. The van der Waals surface area contributed by atoms with Crippen molar-refractivity contribution in [3.8, 4) is 0 Å². The van der Waals surface area contributed by atoms with Gasteiger partial charge in [-0.2, -0.15) is 0 Å². The second kappa shape index (κ2) is 4.62. The molecule has 1 N–H and O–H groups in total. The van der Waals surface area contributed by atoms with Crippen LogP contribution in [0.5, 0.6) is 0 Å². The largest absolute Gasteiger partial charge is 0.478 e. The number of carboxylic acids is 1. The summed E-state index contributed by atoms with van der Waals surface area (Å²) in [4.78, 5) is 11.2. The van der Waals surface area contributed by atoms with Crippen molar-refractivity contribution < 1.29 is 9.90 Å². The van der Waals surface area contributed by atoms with Crippen LogP contribution in [0.4, 0.5) is 0 Å². The summed E-state index contributed by atoms with van der Waals surface area (Å²) >= 11 is 17.6. The molecule has 0 aromatic heterocycles. The fourth-order valence-electron chi connectivity index (χ4n) is 0.826. The zero-order chi connectivity index (χ0) is 10.8. The third kappa shape index (κ3) is 3.96. The van der Waals surface area contributed by atoms with Crippen molar-refractivity contribution in [3.05, 3.63) is 29.8 Å². The van der Waals surface area contributed by atoms with Gasteiger partial charge in [-0.1, -0.05) is 52.6 Å². The molecule has 0 radical (unpaired) electrons. The monoisotopic (exact) mass is 270 g/mol. The van der Waals surface area contributed by atoms with Gasteiger partial charge in [0.25, 0.3) is 0 Å². The summed E-state index contributed by atoms with van der Waals surface area (Å²) < 4.78 is -1.48. The summed E-state index contributed by atoms with van der Waals surface area (Å²) in [6.07, 6.45) is 0. The Kier molecular flexibility index (Phi) is 3.95. The predicted molar refractivity (Wildman–Crippen MR) is 59.5 cm³/mol. The molecule has 0 amide bonds. The predicted octanol–water partition coefficient (Wildman–Crippen LogP) is 3.80. The van der Waals surface area contributed by atoms with Crippen LogP contribution in [-0.4, -0.2) is 14.2 Å². The van der Waals surface area contributed by atoms with E-state index in [4.69, 9.17) is 39.9 Å². The normalized spacial score (nSPS) is 11.4. The lowest BCUT2D eigenvalue weighted by Gasteiger charge is -2.09. The Bertz CT molecular complexity index is 349. The third-order valence-corrected chi connectivity index (χ3v) is 2.73. The van der Waals surface area contributed by atoms with E-state index in [1.54, 1.807) is 12.1 Å². The fourth-order valence-corrected chi connectivity index (χ4v) is 2.23. The molecule has 1 aromatic carbocycles. The number of hydrogen-bond donors (Lipinski definition) is 1. The molecule has 0 spiro atoms. The van der Waals surface area contributed by atoms with Crippen LogP contribution in [0.25, 0.3) is 0 Å². The summed E-state index contributed by atoms with van der Waals surface area (Å²) in [7, 11) is 0. The Morgan fingerprint density at radius 2 is 2.00 bits per heavy atom. The van der Waals surface area contributed by atoms with E-state index in [2.05, 4.69) is 0 Å². The maximum atomic E-state index is 10.6. The molecular formula is C8H5Cl3O2S. The van der Waals surface area contributed by atoms with Crippen molar-refractivity contribution in [2.24, 2.45) is 0 Å². The van der Waals surface area contributed by atoms with E-state index in [1.807, 2.05) is 0 Å². The zero-order valence-corrected chi connectivity index (χ0v) is 9.79. The van der Waals surface area contributed by atoms with Crippen LogP contribution in [0.2, 0.25) is 0 Å². The average Bonchev–Trinajstić information content (AvgIpc) is 2.01. The van der Waals surface area contributed by atoms with Crippen molar-refractivity contribution in [1.82, 2.24) is 0 Å². The summed E-state index contributed by atoms with van der Waals surface area (Å²) in [6.45, 7) is 0. The molecule has 0 saturated carbocycles. The van der Waals surface area contributed by atoms with E-state index in [-0.39, 0.29) is 5.56 Å². The van der Waals surface area contributed by atoms with E-state index in [9.17, 15) is 4.79 Å². The molecule has 0 aliphatic rings. The molecule has 0 heterocycles. The maximum absolute atomic E-state index is 10.6. The molecule has 0 atom stereocenters. The Morgan fingerprint density at radius 1 is 1.36 bits per heavy atom. The van der Waals surface area contributed by atoms with Crippen molar-refractivity contribution in [2.45, 2.75) is 8.02 Å². The van der Waals surface area contributed by atoms with E-state index in [0.717, 1.165) is 11.8 Å². The van der Waals surface area contributed by atoms with Gasteiger partial charge in [-0.15, -0.1) is 0 Å². The highest BCUT2D eigenvalue weighted by molar-refractivity contribution is 8.04. The van der Waals surface area contributed by atoms with E-state index in [0.29, 0.717) is 4.90 Å². The summed E-state index contributed by atoms with van der Waals surface area (Å²) in [5, 5.41) is 8.70. The number of alkyl halides is 3. The Balaban J connectivity index is 2.89. The van der Waals surface area contributed by atoms with E-state index in [1.165, 1.54) is 12.1 Å². The van der Waals surface area contributed by atoms with Gasteiger partial charge in [0.2, 0.25) is 3.12 Å². The Hall–Kier alpha value is -0.0900. The van der Waals surface area contributed by atoms with Gasteiger partial charge < -0.3 is 5.11 Å². The van der Waals surface area contributed by atoms with Crippen LogP contribution in [0.15, 0.2) is 29.2 Å². The van der Waals surface area contributed by atoms with Crippen LogP contribution in [0.1, 0.15) is 10.4 Å². The molecule has 1 rings (SSSR count). The van der Waals surface area contributed by atoms with Gasteiger partial charge in [-0.3, -0.25) is 0 Å². The molecule has 6 heteroatoms. The van der Waals surface area contributed by atoms with Crippen LogP contribution < -0.4 is 0 Å². The van der Waals surface area contributed by atoms with Gasteiger partial charge in [-0.05, 0) is 18.2 Å². The Morgan fingerprint density at radius 3 is 2.50 bits per heavy atom. The number of thioether (sulfide) groups is 1. The molecule has 14 heavy (non-hydrogen) atoms. The van der Waals surface area contributed by atoms with Gasteiger partial charge in [0, 0.05) is 4.90 Å². The lowest BCUT2D eigenvalue weighted by molar-refractivity contribution is 0.0696. The first-order valence-corrected chi connectivity index (χ1v) is 5.42. The standard InChI is InChI=1S/C8H5Cl3O2S/c9-8(10,11)14-6-3-1-2-5(4-6)7(12)13/h1-4H,(H,12,13). The topological polar surface area (TPSA) is 37.3 Å². The number of benzene rings is 1. The second-order valence-corrected chi connectivity index (χ2v) is 6.62. The van der Waals surface area contributed by atoms with Gasteiger partial charge in [0.1, 0.15) is 0 Å². The first-order chi connectivity index (χ1) is 6.38. The molecule has 0 saturated heterocycles. The minimum absolute atomic E-state index is 0.171. The van der Waals surface area contributed by atoms with Gasteiger partial charge in [0.15, 0.2) is 0 Å². The molecular weight excluding hydrogens is 267 g/mol. The minimum Gasteiger partial charge on any atom is -0.478 e. The number of hydrogen-bond acceptors (Lipinski definition) is 2. The molecule has 76 valence electrons. The molecule has 0 aliphatic carbocycles. The Labute approximate surface area is 100 Å². The van der Waals surface area contributed by atoms with E-state index < -0.39 is 9.09 Å². The van der Waals surface area contributed by atoms with Crippen LogP contribution in [-0.2, 0) is 0 Å². The van der Waals surface area contributed by atoms with E-state index >= 15 is 0 Å². The van der Waals surface area contributed by atoms with Crippen LogP contribution in [0.3, 0.4) is 0 Å². The van der Waals surface area contributed by atoms with Gasteiger partial charge >= 0.3 is 5.97 Å². The number of carbonyl (C=O) groups is 1. The zero-order valence-electron chi connectivity index (χ0n) is 6.71.